The lowest BCUT2D eigenvalue weighted by molar-refractivity contribution is 0.425. The van der Waals surface area contributed by atoms with Gasteiger partial charge in [0.15, 0.2) is 0 Å². The number of para-hydroxylation sites is 1. The van der Waals surface area contributed by atoms with Gasteiger partial charge in [0.1, 0.15) is 0 Å². The SMILES string of the molecule is OB(O)c1ccccc1C=NNc1ccccc1. The summed E-state index contributed by atoms with van der Waals surface area (Å²) in [7, 11) is -1.50. The molecule has 0 amide bonds. The molecule has 18 heavy (non-hydrogen) atoms. The van der Waals surface area contributed by atoms with E-state index in [9.17, 15) is 10.0 Å². The number of nitrogens with one attached hydrogen (secondary N) is 1. The second-order valence-corrected chi connectivity index (χ2v) is 3.74. The summed E-state index contributed by atoms with van der Waals surface area (Å²) in [5.74, 6) is 0. The van der Waals surface area contributed by atoms with Gasteiger partial charge in [-0.15, -0.1) is 0 Å². The summed E-state index contributed by atoms with van der Waals surface area (Å²) in [5, 5.41) is 22.4. The van der Waals surface area contributed by atoms with Crippen molar-refractivity contribution in [2.24, 2.45) is 5.10 Å². The van der Waals surface area contributed by atoms with E-state index in [0.29, 0.717) is 11.0 Å². The van der Waals surface area contributed by atoms with Gasteiger partial charge in [-0.1, -0.05) is 42.5 Å². The van der Waals surface area contributed by atoms with Gasteiger partial charge in [-0.25, -0.2) is 0 Å². The third kappa shape index (κ3) is 3.19. The van der Waals surface area contributed by atoms with E-state index in [1.54, 1.807) is 24.4 Å². The molecule has 0 fully saturated rings. The Kier molecular flexibility index (Phi) is 4.12. The molecule has 2 aromatic rings. The van der Waals surface area contributed by atoms with Crippen LogP contribution in [0.1, 0.15) is 5.56 Å². The fourth-order valence-electron chi connectivity index (χ4n) is 1.55. The Bertz CT molecular complexity index is 530. The third-order valence-corrected chi connectivity index (χ3v) is 2.45. The zero-order valence-corrected chi connectivity index (χ0v) is 9.69. The molecule has 0 spiro atoms. The Hall–Kier alpha value is -2.11. The smallest absolute Gasteiger partial charge is 0.423 e. The molecule has 0 unspecified atom stereocenters. The van der Waals surface area contributed by atoms with E-state index in [2.05, 4.69) is 10.5 Å². The van der Waals surface area contributed by atoms with Crippen LogP contribution in [0.3, 0.4) is 0 Å². The van der Waals surface area contributed by atoms with Crippen molar-refractivity contribution in [3.8, 4) is 0 Å². The van der Waals surface area contributed by atoms with Gasteiger partial charge < -0.3 is 10.0 Å². The van der Waals surface area contributed by atoms with Crippen molar-refractivity contribution in [2.75, 3.05) is 5.43 Å². The van der Waals surface area contributed by atoms with Crippen molar-refractivity contribution in [1.29, 1.82) is 0 Å². The quantitative estimate of drug-likeness (QED) is 0.421. The van der Waals surface area contributed by atoms with E-state index in [0.717, 1.165) is 5.69 Å². The van der Waals surface area contributed by atoms with Gasteiger partial charge in [0.25, 0.3) is 0 Å². The van der Waals surface area contributed by atoms with Crippen LogP contribution in [0.5, 0.6) is 0 Å². The minimum absolute atomic E-state index is 0.427. The number of anilines is 1. The molecule has 0 radical (unpaired) electrons. The maximum atomic E-state index is 9.19. The second-order valence-electron chi connectivity index (χ2n) is 3.74. The summed E-state index contributed by atoms with van der Waals surface area (Å²) in [6.07, 6.45) is 1.56. The zero-order chi connectivity index (χ0) is 12.8. The highest BCUT2D eigenvalue weighted by Crippen LogP contribution is 2.04. The average Bonchev–Trinajstić information content (AvgIpc) is 2.40. The summed E-state index contributed by atoms with van der Waals surface area (Å²) < 4.78 is 0. The van der Waals surface area contributed by atoms with Gasteiger partial charge in [0.2, 0.25) is 0 Å². The first-order valence-corrected chi connectivity index (χ1v) is 5.56. The van der Waals surface area contributed by atoms with Crippen molar-refractivity contribution >= 4 is 24.5 Å². The van der Waals surface area contributed by atoms with Gasteiger partial charge in [-0.05, 0) is 23.2 Å². The Morgan fingerprint density at radius 3 is 2.33 bits per heavy atom. The van der Waals surface area contributed by atoms with Crippen molar-refractivity contribution < 1.29 is 10.0 Å². The number of hydrogen-bond acceptors (Lipinski definition) is 4. The molecule has 0 aliphatic heterocycles. The molecule has 90 valence electrons. The van der Waals surface area contributed by atoms with Crippen molar-refractivity contribution in [2.45, 2.75) is 0 Å². The fraction of sp³-hybridized carbons (Fsp3) is 0. The molecule has 0 saturated carbocycles. The topological polar surface area (TPSA) is 64.8 Å². The predicted octanol–water partition coefficient (Wildman–Crippen LogP) is 0.812. The molecule has 0 aromatic heterocycles. The van der Waals surface area contributed by atoms with Crippen molar-refractivity contribution in [1.82, 2.24) is 0 Å². The summed E-state index contributed by atoms with van der Waals surface area (Å²) in [6, 6.07) is 16.5. The molecule has 3 N–H and O–H groups in total. The van der Waals surface area contributed by atoms with Crippen LogP contribution in [0, 0.1) is 0 Å². The van der Waals surface area contributed by atoms with Crippen LogP contribution >= 0.6 is 0 Å². The van der Waals surface area contributed by atoms with Crippen LogP contribution in [0.2, 0.25) is 0 Å². The summed E-state index contributed by atoms with van der Waals surface area (Å²) in [5.41, 5.74) is 4.83. The highest BCUT2D eigenvalue weighted by atomic mass is 16.4. The fourth-order valence-corrected chi connectivity index (χ4v) is 1.55. The van der Waals surface area contributed by atoms with E-state index in [4.69, 9.17) is 0 Å². The van der Waals surface area contributed by atoms with Crippen molar-refractivity contribution in [3.63, 3.8) is 0 Å². The van der Waals surface area contributed by atoms with Crippen LogP contribution in [0.15, 0.2) is 59.7 Å². The Morgan fingerprint density at radius 1 is 0.944 bits per heavy atom. The minimum atomic E-state index is -1.50. The van der Waals surface area contributed by atoms with Crippen LogP contribution in [0.4, 0.5) is 5.69 Å². The lowest BCUT2D eigenvalue weighted by atomic mass is 9.77. The zero-order valence-electron chi connectivity index (χ0n) is 9.69. The predicted molar refractivity (Wildman–Crippen MR) is 73.9 cm³/mol. The van der Waals surface area contributed by atoms with Gasteiger partial charge >= 0.3 is 7.12 Å². The van der Waals surface area contributed by atoms with Gasteiger partial charge in [-0.3, -0.25) is 5.43 Å². The molecule has 2 aromatic carbocycles. The summed E-state index contributed by atoms with van der Waals surface area (Å²) >= 11 is 0. The standard InChI is InChI=1S/C13H13BN2O2/c17-14(18)13-9-5-4-6-11(13)10-15-16-12-7-2-1-3-8-12/h1-10,16-18H. The Morgan fingerprint density at radius 2 is 1.61 bits per heavy atom. The molecular weight excluding hydrogens is 227 g/mol. The molecular formula is C13H13BN2O2. The number of benzene rings is 2. The molecule has 2 rings (SSSR count). The normalized spacial score (nSPS) is 10.6. The molecule has 0 atom stereocenters. The number of hydrazone groups is 1. The number of rotatable bonds is 4. The van der Waals surface area contributed by atoms with E-state index >= 15 is 0 Å². The maximum Gasteiger partial charge on any atom is 0.489 e. The van der Waals surface area contributed by atoms with Crippen LogP contribution in [0.25, 0.3) is 0 Å². The van der Waals surface area contributed by atoms with Crippen LogP contribution < -0.4 is 10.9 Å². The highest BCUT2D eigenvalue weighted by Gasteiger charge is 2.13. The largest absolute Gasteiger partial charge is 0.489 e. The van der Waals surface area contributed by atoms with Crippen LogP contribution in [-0.2, 0) is 0 Å². The summed E-state index contributed by atoms with van der Waals surface area (Å²) in [6.45, 7) is 0. The molecule has 5 heteroatoms. The molecule has 0 heterocycles. The maximum absolute atomic E-state index is 9.19. The lowest BCUT2D eigenvalue weighted by Crippen LogP contribution is -2.32. The number of nitrogens with zero attached hydrogens (tertiary/aromatic N) is 1. The van der Waals surface area contributed by atoms with Gasteiger partial charge in [0, 0.05) is 0 Å². The molecule has 0 saturated heterocycles. The van der Waals surface area contributed by atoms with E-state index < -0.39 is 7.12 Å². The highest BCUT2D eigenvalue weighted by molar-refractivity contribution is 6.60. The Labute approximate surface area is 106 Å². The first-order valence-electron chi connectivity index (χ1n) is 5.56. The van der Waals surface area contributed by atoms with Gasteiger partial charge in [-0.2, -0.15) is 5.10 Å². The molecule has 0 bridgehead atoms. The van der Waals surface area contributed by atoms with Crippen LogP contribution in [-0.4, -0.2) is 23.4 Å². The second kappa shape index (κ2) is 6.00. The molecule has 4 nitrogen and oxygen atoms in total. The third-order valence-electron chi connectivity index (χ3n) is 2.45. The summed E-state index contributed by atoms with van der Waals surface area (Å²) in [4.78, 5) is 0. The molecule has 0 aliphatic rings. The molecule has 0 aliphatic carbocycles. The average molecular weight is 240 g/mol. The monoisotopic (exact) mass is 240 g/mol. The lowest BCUT2D eigenvalue weighted by Gasteiger charge is -2.04. The first kappa shape index (κ1) is 12.4. The van der Waals surface area contributed by atoms with E-state index in [1.165, 1.54) is 0 Å². The number of hydrogen-bond donors (Lipinski definition) is 3. The van der Waals surface area contributed by atoms with Gasteiger partial charge in [0.05, 0.1) is 11.9 Å². The van der Waals surface area contributed by atoms with E-state index in [1.807, 2.05) is 36.4 Å². The van der Waals surface area contributed by atoms with Crippen molar-refractivity contribution in [3.05, 3.63) is 60.2 Å². The first-order chi connectivity index (χ1) is 8.77. The van der Waals surface area contributed by atoms with E-state index in [-0.39, 0.29) is 0 Å². The Balaban J connectivity index is 2.10. The minimum Gasteiger partial charge on any atom is -0.423 e.